The molecule has 7 atom stereocenters. The third-order valence-corrected chi connectivity index (χ3v) is 8.30. The fourth-order valence-corrected chi connectivity index (χ4v) is 6.70. The summed E-state index contributed by atoms with van der Waals surface area (Å²) in [5, 5.41) is 11.4. The molecule has 0 amide bonds. The molecule has 4 aliphatic carbocycles. The van der Waals surface area contributed by atoms with E-state index in [0.717, 1.165) is 37.7 Å². The first-order valence-corrected chi connectivity index (χ1v) is 11.3. The smallest absolute Gasteiger partial charge is 0.310 e. The Bertz CT molecular complexity index is 652. The maximum absolute atomic E-state index is 13.6. The first-order chi connectivity index (χ1) is 12.7. The van der Waals surface area contributed by atoms with E-state index in [1.54, 1.807) is 0 Å². The number of hydrogen-bond acceptors (Lipinski definition) is 3. The lowest BCUT2D eigenvalue weighted by molar-refractivity contribution is -0.242. The molecule has 0 aliphatic heterocycles. The van der Waals surface area contributed by atoms with Gasteiger partial charge in [0.2, 0.25) is 0 Å². The van der Waals surface area contributed by atoms with Crippen molar-refractivity contribution in [1.82, 2.24) is 0 Å². The van der Waals surface area contributed by atoms with Crippen LogP contribution < -0.4 is 0 Å². The lowest BCUT2D eigenvalue weighted by Gasteiger charge is -2.66. The van der Waals surface area contributed by atoms with Crippen LogP contribution in [0.1, 0.15) is 87.5 Å². The molecule has 3 heteroatoms. The maximum atomic E-state index is 13.6. The van der Waals surface area contributed by atoms with Gasteiger partial charge in [-0.2, -0.15) is 0 Å². The number of rotatable bonds is 4. The van der Waals surface area contributed by atoms with Crippen LogP contribution in [0.5, 0.6) is 0 Å². The molecule has 4 saturated carbocycles. The van der Waals surface area contributed by atoms with E-state index >= 15 is 0 Å². The quantitative estimate of drug-likeness (QED) is 0.490. The number of carbonyl (C=O) groups is 1. The second-order valence-electron chi connectivity index (χ2n) is 12.4. The zero-order chi connectivity index (χ0) is 21.3. The molecular weight excluding hydrogens is 348 g/mol. The predicted octanol–water partition coefficient (Wildman–Crippen LogP) is 5.76. The Kier molecular flexibility index (Phi) is 5.14. The Morgan fingerprint density at radius 1 is 1.25 bits per heavy atom. The van der Waals surface area contributed by atoms with Crippen LogP contribution in [0.2, 0.25) is 0 Å². The van der Waals surface area contributed by atoms with Gasteiger partial charge in [-0.1, -0.05) is 62.0 Å². The van der Waals surface area contributed by atoms with Gasteiger partial charge in [0.15, 0.2) is 0 Å². The molecule has 4 fully saturated rings. The van der Waals surface area contributed by atoms with Crippen LogP contribution in [0.3, 0.4) is 0 Å². The fourth-order valence-electron chi connectivity index (χ4n) is 6.70. The molecule has 0 aromatic rings. The van der Waals surface area contributed by atoms with Gasteiger partial charge < -0.3 is 9.84 Å². The molecule has 4 rings (SSSR count). The minimum atomic E-state index is -0.767. The van der Waals surface area contributed by atoms with Crippen LogP contribution in [0.15, 0.2) is 12.2 Å². The Morgan fingerprint density at radius 3 is 2.36 bits per heavy atom. The van der Waals surface area contributed by atoms with Gasteiger partial charge in [-0.15, -0.1) is 0 Å². The monoisotopic (exact) mass is 390 g/mol. The third kappa shape index (κ3) is 3.26. The van der Waals surface area contributed by atoms with E-state index in [9.17, 15) is 9.90 Å². The summed E-state index contributed by atoms with van der Waals surface area (Å²) in [6, 6.07) is 0. The zero-order valence-electron chi connectivity index (χ0n) is 19.4. The highest BCUT2D eigenvalue weighted by atomic mass is 16.6. The van der Waals surface area contributed by atoms with E-state index < -0.39 is 11.2 Å². The van der Waals surface area contributed by atoms with Crippen LogP contribution in [0.4, 0.5) is 0 Å². The maximum Gasteiger partial charge on any atom is 0.310 e. The van der Waals surface area contributed by atoms with Crippen molar-refractivity contribution >= 4 is 5.97 Å². The summed E-state index contributed by atoms with van der Waals surface area (Å²) >= 11 is 0. The van der Waals surface area contributed by atoms with Crippen LogP contribution >= 0.6 is 0 Å². The first-order valence-electron chi connectivity index (χ1n) is 11.3. The molecule has 3 nitrogen and oxygen atoms in total. The third-order valence-electron chi connectivity index (χ3n) is 8.30. The average molecular weight is 391 g/mol. The van der Waals surface area contributed by atoms with Gasteiger partial charge >= 0.3 is 5.97 Å². The standard InChI is InChI=1S/C25H42O3/c1-10-25(28-21(26)20(23(7,8)9)14-22(4,5)6)18-11-17-12-19(25)16(3)24(27,13-17)15(18)2/h16-20,27H,2,10-14H2,1,3-9H3. The zero-order valence-corrected chi connectivity index (χ0v) is 19.4. The van der Waals surface area contributed by atoms with E-state index in [2.05, 4.69) is 62.0 Å². The fraction of sp³-hybridized carbons (Fsp3) is 0.880. The molecule has 0 spiro atoms. The second kappa shape index (κ2) is 6.59. The molecule has 0 aromatic heterocycles. The molecule has 0 aromatic carbocycles. The van der Waals surface area contributed by atoms with Gasteiger partial charge in [-0.05, 0) is 60.3 Å². The Hall–Kier alpha value is -0.830. The highest BCUT2D eigenvalue weighted by Gasteiger charge is 2.68. The van der Waals surface area contributed by atoms with Crippen molar-refractivity contribution < 1.29 is 14.6 Å². The second-order valence-corrected chi connectivity index (χ2v) is 12.4. The van der Waals surface area contributed by atoms with Crippen molar-refractivity contribution in [3.8, 4) is 0 Å². The summed E-state index contributed by atoms with van der Waals surface area (Å²) in [4.78, 5) is 13.6. The average Bonchev–Trinajstić information content (AvgIpc) is 2.55. The summed E-state index contributed by atoms with van der Waals surface area (Å²) < 4.78 is 6.57. The molecule has 0 heterocycles. The van der Waals surface area contributed by atoms with Crippen molar-refractivity contribution in [2.75, 3.05) is 0 Å². The lowest BCUT2D eigenvalue weighted by Crippen LogP contribution is -2.69. The van der Waals surface area contributed by atoms with E-state index in [4.69, 9.17) is 4.74 Å². The summed E-state index contributed by atoms with van der Waals surface area (Å²) in [7, 11) is 0. The minimum absolute atomic E-state index is 0.0521. The Balaban J connectivity index is 1.94. The summed E-state index contributed by atoms with van der Waals surface area (Å²) in [6.45, 7) is 21.6. The number of hydrogen-bond donors (Lipinski definition) is 1. The van der Waals surface area contributed by atoms with E-state index in [1.807, 2.05) is 0 Å². The highest BCUT2D eigenvalue weighted by Crippen LogP contribution is 2.66. The van der Waals surface area contributed by atoms with Gasteiger partial charge in [-0.25, -0.2) is 0 Å². The summed E-state index contributed by atoms with van der Waals surface area (Å²) in [5.41, 5.74) is -0.433. The number of esters is 1. The van der Waals surface area contributed by atoms with Gasteiger partial charge in [0.1, 0.15) is 5.60 Å². The molecule has 4 bridgehead atoms. The van der Waals surface area contributed by atoms with Crippen LogP contribution in [-0.2, 0) is 9.53 Å². The summed E-state index contributed by atoms with van der Waals surface area (Å²) in [5.74, 6) is 0.757. The number of ether oxygens (including phenoxy) is 1. The predicted molar refractivity (Wildman–Crippen MR) is 114 cm³/mol. The molecule has 0 radical (unpaired) electrons. The largest absolute Gasteiger partial charge is 0.458 e. The topological polar surface area (TPSA) is 46.5 Å². The minimum Gasteiger partial charge on any atom is -0.458 e. The number of carbonyl (C=O) groups excluding carboxylic acids is 1. The molecule has 28 heavy (non-hydrogen) atoms. The summed E-state index contributed by atoms with van der Waals surface area (Å²) in [6.07, 6.45) is 4.52. The molecular formula is C25H42O3. The van der Waals surface area contributed by atoms with Crippen molar-refractivity contribution in [3.63, 3.8) is 0 Å². The van der Waals surface area contributed by atoms with E-state index in [0.29, 0.717) is 5.92 Å². The van der Waals surface area contributed by atoms with Crippen LogP contribution in [-0.4, -0.2) is 22.3 Å². The van der Waals surface area contributed by atoms with Crippen molar-refractivity contribution in [2.24, 2.45) is 40.4 Å². The van der Waals surface area contributed by atoms with Crippen molar-refractivity contribution in [2.45, 2.75) is 98.7 Å². The van der Waals surface area contributed by atoms with Gasteiger partial charge in [0.05, 0.1) is 11.5 Å². The molecule has 0 saturated heterocycles. The lowest BCUT2D eigenvalue weighted by atomic mass is 9.42. The molecule has 160 valence electrons. The molecule has 1 N–H and O–H groups in total. The van der Waals surface area contributed by atoms with Gasteiger partial charge in [-0.3, -0.25) is 4.79 Å². The first kappa shape index (κ1) is 21.9. The van der Waals surface area contributed by atoms with Crippen molar-refractivity contribution in [3.05, 3.63) is 12.2 Å². The Labute approximate surface area is 172 Å². The number of aliphatic hydroxyl groups is 1. The van der Waals surface area contributed by atoms with Crippen molar-refractivity contribution in [1.29, 1.82) is 0 Å². The molecule has 7 unspecified atom stereocenters. The van der Waals surface area contributed by atoms with E-state index in [-0.39, 0.29) is 40.5 Å². The van der Waals surface area contributed by atoms with Gasteiger partial charge in [0, 0.05) is 11.8 Å². The molecule has 4 aliphatic rings. The SMILES string of the molecule is C=C1C2CC3CC(C(C)C1(O)C3)C2(CC)OC(=O)C(CC(C)(C)C)C(C)(C)C. The van der Waals surface area contributed by atoms with E-state index in [1.165, 1.54) is 0 Å². The van der Waals surface area contributed by atoms with Crippen LogP contribution in [0.25, 0.3) is 0 Å². The Morgan fingerprint density at radius 2 is 1.86 bits per heavy atom. The normalized spacial score (nSPS) is 41.2. The van der Waals surface area contributed by atoms with Crippen LogP contribution in [0, 0.1) is 40.4 Å². The van der Waals surface area contributed by atoms with Gasteiger partial charge in [0.25, 0.3) is 0 Å². The highest BCUT2D eigenvalue weighted by molar-refractivity contribution is 5.74.